The molecule has 1 fully saturated rings. The lowest BCUT2D eigenvalue weighted by molar-refractivity contribution is -0.151. The Morgan fingerprint density at radius 1 is 1.38 bits per heavy atom. The largest absolute Gasteiger partial charge is 0.371 e. The summed E-state index contributed by atoms with van der Waals surface area (Å²) < 4.78 is 5.94. The summed E-state index contributed by atoms with van der Waals surface area (Å²) in [5.41, 5.74) is 1.74. The molecule has 136 valence electrons. The van der Waals surface area contributed by atoms with Crippen LogP contribution in [0.25, 0.3) is 11.4 Å². The van der Waals surface area contributed by atoms with Gasteiger partial charge in [-0.05, 0) is 50.6 Å². The normalized spacial score (nSPS) is 19.2. The van der Waals surface area contributed by atoms with Crippen molar-refractivity contribution in [1.29, 1.82) is 0 Å². The van der Waals surface area contributed by atoms with Crippen LogP contribution in [0.5, 0.6) is 0 Å². The molecule has 26 heavy (non-hydrogen) atoms. The molecule has 1 saturated heterocycles. The van der Waals surface area contributed by atoms with Crippen molar-refractivity contribution in [2.24, 2.45) is 0 Å². The van der Waals surface area contributed by atoms with E-state index in [2.05, 4.69) is 21.5 Å². The Kier molecular flexibility index (Phi) is 5.07. The molecule has 7 heteroatoms. The second kappa shape index (κ2) is 7.13. The molecule has 3 heterocycles. The number of carbonyl (C=O) groups is 1. The van der Waals surface area contributed by atoms with Gasteiger partial charge in [0.2, 0.25) is 5.91 Å². The first-order chi connectivity index (χ1) is 12.3. The fourth-order valence-corrected chi connectivity index (χ4v) is 3.24. The quantitative estimate of drug-likeness (QED) is 0.610. The molecule has 3 rings (SSSR count). The van der Waals surface area contributed by atoms with Crippen LogP contribution < -0.4 is 0 Å². The molecule has 0 aromatic carbocycles. The van der Waals surface area contributed by atoms with Crippen LogP contribution in [0.4, 0.5) is 0 Å². The minimum Gasteiger partial charge on any atom is -0.371 e. The number of nitrogens with zero attached hydrogens (tertiary/aromatic N) is 4. The van der Waals surface area contributed by atoms with Gasteiger partial charge in [-0.1, -0.05) is 18.2 Å². The molecule has 1 aliphatic heterocycles. The number of amides is 1. The van der Waals surface area contributed by atoms with E-state index in [1.54, 1.807) is 23.2 Å². The van der Waals surface area contributed by atoms with E-state index < -0.39 is 5.60 Å². The van der Waals surface area contributed by atoms with Crippen molar-refractivity contribution in [3.8, 4) is 11.4 Å². The lowest BCUT2D eigenvalue weighted by Crippen LogP contribution is -2.51. The first-order valence-corrected chi connectivity index (χ1v) is 8.71. The number of ether oxygens (including phenoxy) is 1. The zero-order valence-electron chi connectivity index (χ0n) is 15.1. The third kappa shape index (κ3) is 3.92. The van der Waals surface area contributed by atoms with Gasteiger partial charge in [0.15, 0.2) is 0 Å². The number of rotatable bonds is 3. The fourth-order valence-electron chi connectivity index (χ4n) is 3.02. The average molecular weight is 373 g/mol. The molecular formula is C19H21ClN4O2. The summed E-state index contributed by atoms with van der Waals surface area (Å²) in [7, 11) is 0. The minimum atomic E-state index is -0.418. The Bertz CT molecular complexity index is 853. The van der Waals surface area contributed by atoms with E-state index in [1.165, 1.54) is 6.08 Å². The highest BCUT2D eigenvalue weighted by atomic mass is 35.5. The van der Waals surface area contributed by atoms with Gasteiger partial charge in [-0.15, -0.1) is 0 Å². The minimum absolute atomic E-state index is 0.140. The van der Waals surface area contributed by atoms with Crippen LogP contribution in [-0.2, 0) is 9.53 Å². The highest BCUT2D eigenvalue weighted by molar-refractivity contribution is 6.29. The van der Waals surface area contributed by atoms with Crippen LogP contribution in [0, 0.1) is 6.92 Å². The van der Waals surface area contributed by atoms with Gasteiger partial charge in [-0.25, -0.2) is 15.0 Å². The van der Waals surface area contributed by atoms with Gasteiger partial charge in [0.1, 0.15) is 11.0 Å². The summed E-state index contributed by atoms with van der Waals surface area (Å²) in [5.74, 6) is 0.510. The van der Waals surface area contributed by atoms with E-state index >= 15 is 0 Å². The summed E-state index contributed by atoms with van der Waals surface area (Å²) in [5, 5.41) is 0.338. The average Bonchev–Trinajstić information content (AvgIpc) is 2.59. The number of hydrogen-bond acceptors (Lipinski definition) is 5. The number of aromatic nitrogens is 3. The maximum absolute atomic E-state index is 12.4. The SMILES string of the molecule is C=CC(=O)N1CC(C)(C)OCC1c1cc(Cl)nc(-c2ccnc(C)n2)c1. The van der Waals surface area contributed by atoms with Crippen LogP contribution in [0.2, 0.25) is 5.15 Å². The maximum atomic E-state index is 12.4. The fraction of sp³-hybridized carbons (Fsp3) is 0.368. The molecule has 0 radical (unpaired) electrons. The standard InChI is InChI=1S/C19H21ClN4O2/c1-5-18(25)24-11-19(3,4)26-10-16(24)13-8-15(23-17(20)9-13)14-6-7-21-12(2)22-14/h5-9,16H,1,10-11H2,2-4H3. The van der Waals surface area contributed by atoms with Crippen molar-refractivity contribution in [2.75, 3.05) is 13.2 Å². The number of aryl methyl sites for hydroxylation is 1. The first kappa shape index (κ1) is 18.5. The van der Waals surface area contributed by atoms with E-state index in [0.717, 1.165) is 5.56 Å². The van der Waals surface area contributed by atoms with E-state index in [-0.39, 0.29) is 11.9 Å². The molecule has 0 N–H and O–H groups in total. The molecule has 1 amide bonds. The summed E-state index contributed by atoms with van der Waals surface area (Å²) >= 11 is 6.26. The first-order valence-electron chi connectivity index (χ1n) is 8.33. The van der Waals surface area contributed by atoms with Crippen molar-refractivity contribution in [3.05, 3.63) is 53.6 Å². The van der Waals surface area contributed by atoms with E-state index in [1.807, 2.05) is 26.8 Å². The van der Waals surface area contributed by atoms with Crippen LogP contribution in [0.3, 0.4) is 0 Å². The van der Waals surface area contributed by atoms with Gasteiger partial charge >= 0.3 is 0 Å². The highest BCUT2D eigenvalue weighted by Crippen LogP contribution is 2.33. The molecule has 0 bridgehead atoms. The van der Waals surface area contributed by atoms with Crippen molar-refractivity contribution in [1.82, 2.24) is 19.9 Å². The van der Waals surface area contributed by atoms with Gasteiger partial charge in [-0.3, -0.25) is 4.79 Å². The molecule has 6 nitrogen and oxygen atoms in total. The summed E-state index contributed by atoms with van der Waals surface area (Å²) in [6.07, 6.45) is 3.01. The lowest BCUT2D eigenvalue weighted by atomic mass is 9.99. The molecule has 2 aromatic rings. The van der Waals surface area contributed by atoms with Crippen molar-refractivity contribution in [2.45, 2.75) is 32.4 Å². The van der Waals surface area contributed by atoms with Crippen LogP contribution >= 0.6 is 11.6 Å². The predicted molar refractivity (Wildman–Crippen MR) is 99.7 cm³/mol. The summed E-state index contributed by atoms with van der Waals surface area (Å²) in [6.45, 7) is 10.2. The number of pyridine rings is 1. The lowest BCUT2D eigenvalue weighted by Gasteiger charge is -2.43. The number of halogens is 1. The van der Waals surface area contributed by atoms with Crippen LogP contribution in [0.15, 0.2) is 37.1 Å². The monoisotopic (exact) mass is 372 g/mol. The molecule has 2 aromatic heterocycles. The zero-order chi connectivity index (χ0) is 18.9. The summed E-state index contributed by atoms with van der Waals surface area (Å²) in [6, 6.07) is 5.16. The molecule has 0 aliphatic carbocycles. The van der Waals surface area contributed by atoms with Gasteiger partial charge < -0.3 is 9.64 Å². The van der Waals surface area contributed by atoms with Gasteiger partial charge in [0.05, 0.1) is 36.2 Å². The molecule has 1 unspecified atom stereocenters. The highest BCUT2D eigenvalue weighted by Gasteiger charge is 2.36. The van der Waals surface area contributed by atoms with Crippen molar-refractivity contribution in [3.63, 3.8) is 0 Å². The van der Waals surface area contributed by atoms with Gasteiger partial charge in [-0.2, -0.15) is 0 Å². The van der Waals surface area contributed by atoms with Crippen LogP contribution in [-0.4, -0.2) is 44.5 Å². The Labute approximate surface area is 157 Å². The Balaban J connectivity index is 2.02. The van der Waals surface area contributed by atoms with Crippen molar-refractivity contribution < 1.29 is 9.53 Å². The summed E-state index contributed by atoms with van der Waals surface area (Å²) in [4.78, 5) is 27.0. The van der Waals surface area contributed by atoms with E-state index in [0.29, 0.717) is 35.5 Å². The smallest absolute Gasteiger partial charge is 0.246 e. The molecular weight excluding hydrogens is 352 g/mol. The van der Waals surface area contributed by atoms with E-state index in [9.17, 15) is 4.79 Å². The second-order valence-corrected chi connectivity index (χ2v) is 7.24. The molecule has 0 spiro atoms. The molecule has 1 atom stereocenters. The maximum Gasteiger partial charge on any atom is 0.246 e. The zero-order valence-corrected chi connectivity index (χ0v) is 15.8. The Hall–Kier alpha value is -2.31. The van der Waals surface area contributed by atoms with Gasteiger partial charge in [0.25, 0.3) is 0 Å². The van der Waals surface area contributed by atoms with Crippen molar-refractivity contribution >= 4 is 17.5 Å². The molecule has 0 saturated carbocycles. The number of carbonyl (C=O) groups excluding carboxylic acids is 1. The third-order valence-corrected chi connectivity index (χ3v) is 4.45. The van der Waals surface area contributed by atoms with E-state index in [4.69, 9.17) is 16.3 Å². The topological polar surface area (TPSA) is 68.2 Å². The third-order valence-electron chi connectivity index (χ3n) is 4.26. The Morgan fingerprint density at radius 3 is 2.85 bits per heavy atom. The second-order valence-electron chi connectivity index (χ2n) is 6.85. The number of hydrogen-bond donors (Lipinski definition) is 0. The van der Waals surface area contributed by atoms with Gasteiger partial charge in [0, 0.05) is 6.20 Å². The van der Waals surface area contributed by atoms with Crippen LogP contribution in [0.1, 0.15) is 31.3 Å². The number of morpholine rings is 1. The molecule has 1 aliphatic rings. The Morgan fingerprint density at radius 2 is 2.15 bits per heavy atom. The predicted octanol–water partition coefficient (Wildman–Crippen LogP) is 3.36.